The van der Waals surface area contributed by atoms with Crippen molar-refractivity contribution in [1.82, 2.24) is 4.57 Å². The van der Waals surface area contributed by atoms with E-state index in [2.05, 4.69) is 202 Å². The normalized spacial score (nSPS) is 29.6. The molecule has 3 heterocycles. The number of benzene rings is 8. The molecular weight excluding hydrogens is 871 g/mol. The average Bonchev–Trinajstić information content (AvgIpc) is 3.92. The van der Waals surface area contributed by atoms with E-state index < -0.39 is 0 Å². The van der Waals surface area contributed by atoms with E-state index in [-0.39, 0.29) is 10.8 Å². The van der Waals surface area contributed by atoms with E-state index in [1.165, 1.54) is 137 Å². The molecule has 0 saturated heterocycles. The zero-order valence-electron chi connectivity index (χ0n) is 40.9. The number of anilines is 6. The number of hydrogen-bond acceptors (Lipinski definition) is 2. The molecular formula is C69H59N3. The van der Waals surface area contributed by atoms with Gasteiger partial charge in [0.05, 0.1) is 33.8 Å². The lowest BCUT2D eigenvalue weighted by Crippen LogP contribution is -2.57. The summed E-state index contributed by atoms with van der Waals surface area (Å²) >= 11 is 0. The van der Waals surface area contributed by atoms with Crippen molar-refractivity contribution in [3.8, 4) is 16.8 Å². The minimum Gasteiger partial charge on any atom is -0.310 e. The summed E-state index contributed by atoms with van der Waals surface area (Å²) in [4.78, 5) is 5.27. The van der Waals surface area contributed by atoms with E-state index in [4.69, 9.17) is 0 Å². The molecule has 3 nitrogen and oxygen atoms in total. The Morgan fingerprint density at radius 1 is 0.333 bits per heavy atom. The zero-order valence-corrected chi connectivity index (χ0v) is 40.9. The molecule has 9 aromatic rings. The minimum atomic E-state index is 0.0573. The van der Waals surface area contributed by atoms with Gasteiger partial charge in [-0.3, -0.25) is 0 Å². The minimum absolute atomic E-state index is 0.0573. The maximum atomic E-state index is 2.65. The van der Waals surface area contributed by atoms with Crippen molar-refractivity contribution in [3.63, 3.8) is 0 Å². The van der Waals surface area contributed by atoms with Crippen LogP contribution < -0.4 is 9.80 Å². The molecule has 8 saturated carbocycles. The average molecular weight is 930 g/mol. The van der Waals surface area contributed by atoms with Crippen LogP contribution in [0.15, 0.2) is 188 Å². The molecule has 3 heteroatoms. The Bertz CT molecular complexity index is 3600. The summed E-state index contributed by atoms with van der Waals surface area (Å²) in [6.45, 7) is 0. The third-order valence-electron chi connectivity index (χ3n) is 22.0. The number of rotatable bonds is 4. The standard InChI is InChI=1S/C69H59N3/c1-7-19-60-54(13-1)55-14-2-8-20-61(55)71(60)52-36-46(37-53(39-52)72-62-21-9-3-15-56(62)68(57-16-4-10-22-63(57)72)48-30-42-29-43(32-48)33-49(68)31-42)45-25-27-51(28-26-45)70-64-23-11-5-17-58(64)69(59-18-6-12-24-65(59)70)50-35-44-34-47-38-66(69)67(47,40-44)41-50/h1-28,36-37,39,42-44,47-50,66H,29-35,38,40-41H2/t42?,43?,44-,47-,48?,49?,50?,66-,67-/m1/s1. The van der Waals surface area contributed by atoms with Gasteiger partial charge in [-0.1, -0.05) is 121 Å². The second-order valence-electron chi connectivity index (χ2n) is 24.6. The van der Waals surface area contributed by atoms with Crippen molar-refractivity contribution in [1.29, 1.82) is 0 Å². The van der Waals surface area contributed by atoms with Gasteiger partial charge in [0.2, 0.25) is 0 Å². The highest BCUT2D eigenvalue weighted by atomic mass is 15.2. The first kappa shape index (κ1) is 39.7. The van der Waals surface area contributed by atoms with Crippen LogP contribution in [-0.2, 0) is 10.8 Å². The Morgan fingerprint density at radius 2 is 0.806 bits per heavy atom. The second kappa shape index (κ2) is 13.8. The topological polar surface area (TPSA) is 11.4 Å². The second-order valence-corrected chi connectivity index (χ2v) is 24.6. The van der Waals surface area contributed by atoms with Gasteiger partial charge in [-0.2, -0.15) is 0 Å². The van der Waals surface area contributed by atoms with Gasteiger partial charge in [-0.05, 0) is 217 Å². The highest BCUT2D eigenvalue weighted by Crippen LogP contribution is 2.83. The van der Waals surface area contributed by atoms with Crippen LogP contribution in [0, 0.1) is 52.8 Å². The van der Waals surface area contributed by atoms with Crippen molar-refractivity contribution in [2.75, 3.05) is 9.80 Å². The number of fused-ring (bicyclic) bond motifs is 13. The van der Waals surface area contributed by atoms with Gasteiger partial charge < -0.3 is 14.4 Å². The molecule has 1 unspecified atom stereocenters. The number of hydrogen-bond donors (Lipinski definition) is 0. The maximum absolute atomic E-state index is 2.65. The Morgan fingerprint density at radius 3 is 1.39 bits per heavy atom. The molecule has 0 radical (unpaired) electrons. The van der Waals surface area contributed by atoms with Crippen molar-refractivity contribution >= 4 is 55.9 Å². The molecule has 72 heavy (non-hydrogen) atoms. The molecule has 8 aliphatic carbocycles. The molecule has 1 aromatic heterocycles. The molecule has 7 bridgehead atoms. The van der Waals surface area contributed by atoms with Crippen molar-refractivity contribution < 1.29 is 0 Å². The third kappa shape index (κ3) is 4.73. The SMILES string of the molecule is c1ccc2c(c1)N(c1cc(-c3ccc(N4c5ccccc5C5(c6ccccc64)C4C[C@H]6C[C@@H]7C[C@@H]5[C@@]7(C4)C6)cc3)cc(-n3c4ccccc4c4ccccc43)c1)c1ccccc1C21C2CC3CC(C2)CC1C3. The fraction of sp³-hybridized carbons (Fsp3) is 0.304. The summed E-state index contributed by atoms with van der Waals surface area (Å²) in [5, 5.41) is 2.58. The van der Waals surface area contributed by atoms with Crippen molar-refractivity contribution in [2.24, 2.45) is 52.8 Å². The van der Waals surface area contributed by atoms with E-state index in [0.29, 0.717) is 17.3 Å². The van der Waals surface area contributed by atoms with Gasteiger partial charge >= 0.3 is 0 Å². The van der Waals surface area contributed by atoms with Crippen LogP contribution in [0.1, 0.15) is 86.5 Å². The van der Waals surface area contributed by atoms with Crippen molar-refractivity contribution in [2.45, 2.75) is 75.0 Å². The van der Waals surface area contributed by atoms with Crippen molar-refractivity contribution in [3.05, 3.63) is 210 Å². The third-order valence-corrected chi connectivity index (χ3v) is 22.0. The van der Waals surface area contributed by atoms with Gasteiger partial charge in [0.1, 0.15) is 0 Å². The summed E-state index contributed by atoms with van der Waals surface area (Å²) in [7, 11) is 0. The molecule has 8 fully saturated rings. The molecule has 5 atom stereocenters. The predicted octanol–water partition coefficient (Wildman–Crippen LogP) is 17.5. The molecule has 0 amide bonds. The van der Waals surface area contributed by atoms with Crippen LogP contribution in [0.3, 0.4) is 0 Å². The summed E-state index contributed by atoms with van der Waals surface area (Å²) < 4.78 is 2.53. The van der Waals surface area contributed by atoms with Gasteiger partial charge in [-0.25, -0.2) is 0 Å². The van der Waals surface area contributed by atoms with Crippen LogP contribution >= 0.6 is 0 Å². The highest BCUT2D eigenvalue weighted by molar-refractivity contribution is 6.09. The Balaban J connectivity index is 0.817. The first-order valence-electron chi connectivity index (χ1n) is 27.8. The highest BCUT2D eigenvalue weighted by Gasteiger charge is 2.76. The Labute approximate surface area is 423 Å². The molecule has 10 aliphatic rings. The lowest BCUT2D eigenvalue weighted by Gasteiger charge is -2.64. The molecule has 3 spiro atoms. The van der Waals surface area contributed by atoms with E-state index in [0.717, 1.165) is 35.5 Å². The first-order chi connectivity index (χ1) is 35.6. The van der Waals surface area contributed by atoms with E-state index in [9.17, 15) is 0 Å². The smallest absolute Gasteiger partial charge is 0.0541 e. The molecule has 19 rings (SSSR count). The number of para-hydroxylation sites is 6. The fourth-order valence-corrected chi connectivity index (χ4v) is 20.2. The number of nitrogens with zero attached hydrogens (tertiary/aromatic N) is 3. The van der Waals surface area contributed by atoms with E-state index in [1.54, 1.807) is 22.3 Å². The van der Waals surface area contributed by atoms with E-state index >= 15 is 0 Å². The molecule has 350 valence electrons. The summed E-state index contributed by atoms with van der Waals surface area (Å²) in [5.41, 5.74) is 21.1. The summed E-state index contributed by atoms with van der Waals surface area (Å²) in [6, 6.07) is 73.6. The van der Waals surface area contributed by atoms with E-state index in [1.807, 2.05) is 0 Å². The lowest BCUT2D eigenvalue weighted by atomic mass is 9.41. The van der Waals surface area contributed by atoms with Crippen LogP contribution in [-0.4, -0.2) is 4.57 Å². The predicted molar refractivity (Wildman–Crippen MR) is 294 cm³/mol. The summed E-state index contributed by atoms with van der Waals surface area (Å²) in [6.07, 6.45) is 14.2. The largest absolute Gasteiger partial charge is 0.310 e. The van der Waals surface area contributed by atoms with Gasteiger partial charge in [-0.15, -0.1) is 0 Å². The number of aromatic nitrogens is 1. The first-order valence-corrected chi connectivity index (χ1v) is 27.8. The molecule has 0 N–H and O–H groups in total. The Hall–Kier alpha value is -6.84. The lowest BCUT2D eigenvalue weighted by molar-refractivity contribution is -0.0419. The Kier molecular flexibility index (Phi) is 7.62. The fourth-order valence-electron chi connectivity index (χ4n) is 20.2. The quantitative estimate of drug-likeness (QED) is 0.174. The van der Waals surface area contributed by atoms with Crippen LogP contribution in [0.5, 0.6) is 0 Å². The maximum Gasteiger partial charge on any atom is 0.0541 e. The van der Waals surface area contributed by atoms with Gasteiger partial charge in [0.15, 0.2) is 0 Å². The molecule has 2 aliphatic heterocycles. The van der Waals surface area contributed by atoms with Crippen LogP contribution in [0.2, 0.25) is 0 Å². The zero-order chi connectivity index (χ0) is 46.7. The van der Waals surface area contributed by atoms with Crippen LogP contribution in [0.25, 0.3) is 38.6 Å². The van der Waals surface area contributed by atoms with Gasteiger partial charge in [0.25, 0.3) is 0 Å². The molecule has 8 aromatic carbocycles. The monoisotopic (exact) mass is 929 g/mol. The van der Waals surface area contributed by atoms with Crippen LogP contribution in [0.4, 0.5) is 34.1 Å². The summed E-state index contributed by atoms with van der Waals surface area (Å²) in [5.74, 6) is 6.55. The van der Waals surface area contributed by atoms with Gasteiger partial charge in [0, 0.05) is 38.7 Å².